The average molecular weight is 786 g/mol. The molecular weight excluding hydrogens is 739 g/mol. The molecule has 4 amide bonds. The van der Waals surface area contributed by atoms with Crippen molar-refractivity contribution in [2.45, 2.75) is 72.6 Å². The second-order valence-corrected chi connectivity index (χ2v) is 14.6. The van der Waals surface area contributed by atoms with Crippen LogP contribution in [0.1, 0.15) is 69.6 Å². The SMILES string of the molecule is C=CCCN(CC(=O)Nc1c(Cl)cc(CN=C(NC(=O)OC(C)(C)C)NC(=O)c2c(-c3ccc(OCC=C)cc3)noc2C)cc1Cl)C(=O)OC(C)(C)C. The first kappa shape index (κ1) is 43.1. The number of rotatable bonds is 13. The molecule has 1 heterocycles. The molecule has 0 aliphatic rings. The van der Waals surface area contributed by atoms with Crippen LogP contribution >= 0.6 is 23.2 Å². The van der Waals surface area contributed by atoms with Gasteiger partial charge < -0.3 is 24.1 Å². The van der Waals surface area contributed by atoms with Crippen LogP contribution in [0.3, 0.4) is 0 Å². The van der Waals surface area contributed by atoms with Crippen LogP contribution in [0.2, 0.25) is 10.0 Å². The Morgan fingerprint density at radius 2 is 1.57 bits per heavy atom. The van der Waals surface area contributed by atoms with Crippen molar-refractivity contribution in [3.8, 4) is 17.0 Å². The lowest BCUT2D eigenvalue weighted by Crippen LogP contribution is -2.46. The average Bonchev–Trinajstić information content (AvgIpc) is 3.46. The number of aryl methyl sites for hydroxylation is 1. The van der Waals surface area contributed by atoms with Gasteiger partial charge in [0.25, 0.3) is 5.91 Å². The summed E-state index contributed by atoms with van der Waals surface area (Å²) in [6.07, 6.45) is 2.15. The molecule has 0 aliphatic heterocycles. The molecule has 0 atom stereocenters. The van der Waals surface area contributed by atoms with Gasteiger partial charge in [-0.2, -0.15) is 0 Å². The summed E-state index contributed by atoms with van der Waals surface area (Å²) in [5, 5.41) is 12.0. The van der Waals surface area contributed by atoms with Gasteiger partial charge in [0, 0.05) is 12.1 Å². The molecule has 0 saturated heterocycles. The lowest BCUT2D eigenvalue weighted by atomic mass is 10.1. The van der Waals surface area contributed by atoms with Gasteiger partial charge in [-0.05, 0) is 96.8 Å². The van der Waals surface area contributed by atoms with Crippen LogP contribution in [0.25, 0.3) is 11.3 Å². The van der Waals surface area contributed by atoms with Crippen LogP contribution in [0.4, 0.5) is 15.3 Å². The third-order valence-electron chi connectivity index (χ3n) is 6.81. The highest BCUT2D eigenvalue weighted by atomic mass is 35.5. The van der Waals surface area contributed by atoms with Gasteiger partial charge in [-0.15, -0.1) is 6.58 Å². The molecule has 1 aromatic heterocycles. The smallest absolute Gasteiger partial charge is 0.414 e. The number of carbonyl (C=O) groups excluding carboxylic acids is 4. The van der Waals surface area contributed by atoms with Gasteiger partial charge in [0.05, 0.1) is 22.3 Å². The molecule has 0 unspecified atom stereocenters. The highest BCUT2D eigenvalue weighted by molar-refractivity contribution is 6.40. The van der Waals surface area contributed by atoms with E-state index in [1.165, 1.54) is 17.0 Å². The number of alkyl carbamates (subject to hydrolysis) is 1. The molecule has 2 aromatic carbocycles. The van der Waals surface area contributed by atoms with Gasteiger partial charge in [-0.1, -0.05) is 47.1 Å². The van der Waals surface area contributed by atoms with Crippen LogP contribution in [-0.4, -0.2) is 70.9 Å². The number of anilines is 1. The number of aliphatic imine (C=N–C) groups is 1. The highest BCUT2D eigenvalue weighted by Gasteiger charge is 2.26. The number of ether oxygens (including phenoxy) is 3. The number of hydrogen-bond acceptors (Lipinski definition) is 10. The van der Waals surface area contributed by atoms with Crippen LogP contribution < -0.4 is 20.7 Å². The third kappa shape index (κ3) is 13.6. The molecule has 0 bridgehead atoms. The summed E-state index contributed by atoms with van der Waals surface area (Å²) in [5.74, 6) is -0.669. The predicted molar refractivity (Wildman–Crippen MR) is 208 cm³/mol. The van der Waals surface area contributed by atoms with Gasteiger partial charge in [0.2, 0.25) is 11.9 Å². The minimum absolute atomic E-state index is 0.0762. The number of hydrogen-bond donors (Lipinski definition) is 3. The normalized spacial score (nSPS) is 11.6. The van der Waals surface area contributed by atoms with Crippen molar-refractivity contribution in [1.82, 2.24) is 20.7 Å². The summed E-state index contributed by atoms with van der Waals surface area (Å²) in [5.41, 5.74) is -0.106. The number of amides is 4. The van der Waals surface area contributed by atoms with Crippen molar-refractivity contribution in [3.05, 3.63) is 88.6 Å². The van der Waals surface area contributed by atoms with Crippen molar-refractivity contribution in [2.75, 3.05) is 25.0 Å². The highest BCUT2D eigenvalue weighted by Crippen LogP contribution is 2.32. The fourth-order valence-corrected chi connectivity index (χ4v) is 5.18. The van der Waals surface area contributed by atoms with E-state index in [1.54, 1.807) is 84.9 Å². The van der Waals surface area contributed by atoms with Crippen LogP contribution in [-0.2, 0) is 20.8 Å². The fraction of sp³-hybridized carbons (Fsp3) is 0.368. The Kier molecular flexibility index (Phi) is 15.3. The zero-order valence-electron chi connectivity index (χ0n) is 31.4. The number of aromatic nitrogens is 1. The first-order valence-corrected chi connectivity index (χ1v) is 17.6. The largest absolute Gasteiger partial charge is 0.490 e. The standard InChI is InChI=1S/C38H46Cl2N6O8/c1-10-12-17-46(36(50)53-38(7,8)9)22-29(47)42-32-27(39)19-24(20-28(32)40)21-41-34(44-35(49)52-37(4,5)6)43-33(48)30-23(3)54-45-31(30)25-13-15-26(16-14-25)51-18-11-2/h10-11,13-16,19-20H,1-2,12,17-18,21-22H2,3-9H3,(H,42,47)(H2,41,43,44,48,49). The number of nitrogens with one attached hydrogen (secondary N) is 3. The molecule has 14 nitrogen and oxygen atoms in total. The molecule has 0 saturated carbocycles. The van der Waals surface area contributed by atoms with E-state index in [1.807, 2.05) is 0 Å². The maximum atomic E-state index is 13.7. The predicted octanol–water partition coefficient (Wildman–Crippen LogP) is 8.08. The van der Waals surface area contributed by atoms with E-state index in [0.29, 0.717) is 29.9 Å². The van der Waals surface area contributed by atoms with Gasteiger partial charge in [0.15, 0.2) is 0 Å². The summed E-state index contributed by atoms with van der Waals surface area (Å²) >= 11 is 13.1. The number of halogens is 2. The molecular formula is C38H46Cl2N6O8. The number of guanidine groups is 1. The zero-order valence-corrected chi connectivity index (χ0v) is 32.9. The van der Waals surface area contributed by atoms with E-state index >= 15 is 0 Å². The molecule has 3 N–H and O–H groups in total. The summed E-state index contributed by atoms with van der Waals surface area (Å²) in [4.78, 5) is 57.8. The van der Waals surface area contributed by atoms with Crippen molar-refractivity contribution in [2.24, 2.45) is 4.99 Å². The minimum atomic E-state index is -0.874. The van der Waals surface area contributed by atoms with Crippen LogP contribution in [0.5, 0.6) is 5.75 Å². The molecule has 0 spiro atoms. The third-order valence-corrected chi connectivity index (χ3v) is 7.41. The quantitative estimate of drug-likeness (QED) is 0.0880. The molecule has 3 aromatic rings. The lowest BCUT2D eigenvalue weighted by Gasteiger charge is -2.27. The van der Waals surface area contributed by atoms with Crippen molar-refractivity contribution in [3.63, 3.8) is 0 Å². The van der Waals surface area contributed by atoms with Gasteiger partial charge >= 0.3 is 12.2 Å². The Labute approximate surface area is 324 Å². The molecule has 3 rings (SSSR count). The Hall–Kier alpha value is -5.34. The fourth-order valence-electron chi connectivity index (χ4n) is 4.55. The van der Waals surface area contributed by atoms with Gasteiger partial charge in [-0.25, -0.2) is 14.6 Å². The summed E-state index contributed by atoms with van der Waals surface area (Å²) < 4.78 is 21.7. The Morgan fingerprint density at radius 3 is 2.15 bits per heavy atom. The topological polar surface area (TPSA) is 174 Å². The van der Waals surface area contributed by atoms with Crippen LogP contribution in [0.15, 0.2) is 71.2 Å². The van der Waals surface area contributed by atoms with E-state index in [0.717, 1.165) is 0 Å². The van der Waals surface area contributed by atoms with E-state index in [2.05, 4.69) is 39.3 Å². The van der Waals surface area contributed by atoms with Gasteiger partial charge in [-0.3, -0.25) is 25.1 Å². The Balaban J connectivity index is 1.84. The maximum Gasteiger partial charge on any atom is 0.414 e. The molecule has 54 heavy (non-hydrogen) atoms. The lowest BCUT2D eigenvalue weighted by molar-refractivity contribution is -0.117. The second-order valence-electron chi connectivity index (χ2n) is 13.8. The van der Waals surface area contributed by atoms with Crippen molar-refractivity contribution < 1.29 is 37.9 Å². The van der Waals surface area contributed by atoms with E-state index < -0.39 is 35.2 Å². The van der Waals surface area contributed by atoms with E-state index in [9.17, 15) is 19.2 Å². The molecule has 0 fully saturated rings. The molecule has 16 heteroatoms. The van der Waals surface area contributed by atoms with Crippen LogP contribution in [0, 0.1) is 6.92 Å². The van der Waals surface area contributed by atoms with Gasteiger partial charge in [0.1, 0.15) is 47.1 Å². The first-order valence-electron chi connectivity index (χ1n) is 16.8. The number of benzene rings is 2. The van der Waals surface area contributed by atoms with Crippen molar-refractivity contribution >= 4 is 58.8 Å². The number of carbonyl (C=O) groups is 4. The molecule has 0 radical (unpaired) electrons. The Morgan fingerprint density at radius 1 is 0.944 bits per heavy atom. The first-order chi connectivity index (χ1) is 25.3. The van der Waals surface area contributed by atoms with Crippen molar-refractivity contribution in [1.29, 1.82) is 0 Å². The molecule has 0 aliphatic carbocycles. The number of nitrogens with zero attached hydrogens (tertiary/aromatic N) is 3. The summed E-state index contributed by atoms with van der Waals surface area (Å²) in [7, 11) is 0. The van der Waals surface area contributed by atoms with E-state index in [-0.39, 0.29) is 58.3 Å². The maximum absolute atomic E-state index is 13.7. The zero-order chi connectivity index (χ0) is 40.2. The molecule has 290 valence electrons. The minimum Gasteiger partial charge on any atom is -0.490 e. The van der Waals surface area contributed by atoms with E-state index in [4.69, 9.17) is 41.9 Å². The Bertz CT molecular complexity index is 1850. The second kappa shape index (κ2) is 19.1. The summed E-state index contributed by atoms with van der Waals surface area (Å²) in [6.45, 7) is 19.2. The summed E-state index contributed by atoms with van der Waals surface area (Å²) in [6, 6.07) is 9.90. The monoisotopic (exact) mass is 784 g/mol.